The number of rotatable bonds is 4. The van der Waals surface area contributed by atoms with Gasteiger partial charge in [-0.2, -0.15) is 0 Å². The molecule has 5 heteroatoms. The van der Waals surface area contributed by atoms with Crippen LogP contribution in [0.3, 0.4) is 0 Å². The van der Waals surface area contributed by atoms with Crippen molar-refractivity contribution in [2.75, 3.05) is 0 Å². The summed E-state index contributed by atoms with van der Waals surface area (Å²) in [5.41, 5.74) is 2.60. The predicted molar refractivity (Wildman–Crippen MR) is 103 cm³/mol. The largest absolute Gasteiger partial charge is 0.424 e. The molecule has 0 aliphatic heterocycles. The molecule has 0 aliphatic rings. The average molecular weight is 357 g/mol. The number of amides is 1. The highest BCUT2D eigenvalue weighted by Gasteiger charge is 2.05. The topological polar surface area (TPSA) is 64.1 Å². The molecule has 2 aromatic carbocycles. The van der Waals surface area contributed by atoms with Crippen molar-refractivity contribution in [2.45, 2.75) is 19.9 Å². The number of aromatic nitrogens is 2. The van der Waals surface area contributed by atoms with Crippen molar-refractivity contribution in [1.29, 1.82) is 0 Å². The van der Waals surface area contributed by atoms with Gasteiger partial charge in [-0.1, -0.05) is 42.2 Å². The summed E-state index contributed by atoms with van der Waals surface area (Å²) in [6.45, 7) is 3.45. The average Bonchev–Trinajstić information content (AvgIpc) is 2.68. The monoisotopic (exact) mass is 357 g/mol. The van der Waals surface area contributed by atoms with E-state index in [1.807, 2.05) is 61.5 Å². The van der Waals surface area contributed by atoms with E-state index in [2.05, 4.69) is 27.1 Å². The summed E-state index contributed by atoms with van der Waals surface area (Å²) >= 11 is 0. The summed E-state index contributed by atoms with van der Waals surface area (Å²) in [4.78, 5) is 19.5. The second-order valence-electron chi connectivity index (χ2n) is 5.96. The molecule has 3 rings (SSSR count). The first kappa shape index (κ1) is 18.2. The Morgan fingerprint density at radius 2 is 1.59 bits per heavy atom. The molecule has 134 valence electrons. The van der Waals surface area contributed by atoms with E-state index in [9.17, 15) is 4.79 Å². The van der Waals surface area contributed by atoms with Crippen LogP contribution in [0.1, 0.15) is 36.6 Å². The molecule has 0 radical (unpaired) electrons. The van der Waals surface area contributed by atoms with Crippen molar-refractivity contribution < 1.29 is 9.53 Å². The maximum absolute atomic E-state index is 11.1. The van der Waals surface area contributed by atoms with Crippen molar-refractivity contribution in [3.05, 3.63) is 83.7 Å². The van der Waals surface area contributed by atoms with Crippen LogP contribution in [0.4, 0.5) is 0 Å². The SMILES string of the molecule is CC(=O)NC(C)c1ccc(C#Cc2cnc(Oc3ccccc3)nc2)cc1. The van der Waals surface area contributed by atoms with E-state index >= 15 is 0 Å². The molecular weight excluding hydrogens is 338 g/mol. The van der Waals surface area contributed by atoms with E-state index < -0.39 is 0 Å². The molecule has 0 saturated carbocycles. The molecule has 1 amide bonds. The molecule has 27 heavy (non-hydrogen) atoms. The maximum Gasteiger partial charge on any atom is 0.321 e. The highest BCUT2D eigenvalue weighted by Crippen LogP contribution is 2.16. The number of benzene rings is 2. The van der Waals surface area contributed by atoms with Crippen molar-refractivity contribution >= 4 is 5.91 Å². The summed E-state index contributed by atoms with van der Waals surface area (Å²) < 4.78 is 5.56. The Hall–Kier alpha value is -3.65. The molecule has 1 heterocycles. The van der Waals surface area contributed by atoms with Crippen molar-refractivity contribution in [3.8, 4) is 23.6 Å². The zero-order valence-corrected chi connectivity index (χ0v) is 15.1. The van der Waals surface area contributed by atoms with Gasteiger partial charge in [0, 0.05) is 24.9 Å². The number of nitrogens with one attached hydrogen (secondary N) is 1. The molecule has 0 fully saturated rings. The van der Waals surface area contributed by atoms with Crippen LogP contribution in [-0.2, 0) is 4.79 Å². The van der Waals surface area contributed by atoms with Crippen molar-refractivity contribution in [2.24, 2.45) is 0 Å². The highest BCUT2D eigenvalue weighted by molar-refractivity contribution is 5.73. The van der Waals surface area contributed by atoms with Gasteiger partial charge in [0.25, 0.3) is 0 Å². The fourth-order valence-corrected chi connectivity index (χ4v) is 2.42. The summed E-state index contributed by atoms with van der Waals surface area (Å²) in [6, 6.07) is 17.4. The number of ether oxygens (including phenoxy) is 1. The highest BCUT2D eigenvalue weighted by atomic mass is 16.5. The third-order valence-corrected chi connectivity index (χ3v) is 3.76. The van der Waals surface area contributed by atoms with Gasteiger partial charge in [0.05, 0.1) is 11.6 Å². The van der Waals surface area contributed by atoms with Crippen LogP contribution in [0.5, 0.6) is 11.8 Å². The Balaban J connectivity index is 1.64. The van der Waals surface area contributed by atoms with Gasteiger partial charge in [-0.25, -0.2) is 9.97 Å². The van der Waals surface area contributed by atoms with Gasteiger partial charge in [-0.05, 0) is 36.8 Å². The number of para-hydroxylation sites is 1. The lowest BCUT2D eigenvalue weighted by molar-refractivity contribution is -0.119. The smallest absolute Gasteiger partial charge is 0.321 e. The molecule has 1 unspecified atom stereocenters. The third-order valence-electron chi connectivity index (χ3n) is 3.76. The molecule has 0 aliphatic carbocycles. The van der Waals surface area contributed by atoms with Gasteiger partial charge in [0.1, 0.15) is 5.75 Å². The molecule has 3 aromatic rings. The van der Waals surface area contributed by atoms with E-state index in [0.29, 0.717) is 11.3 Å². The van der Waals surface area contributed by atoms with E-state index in [1.165, 1.54) is 6.92 Å². The van der Waals surface area contributed by atoms with Crippen LogP contribution < -0.4 is 10.1 Å². The molecule has 0 spiro atoms. The van der Waals surface area contributed by atoms with Crippen LogP contribution in [0.15, 0.2) is 67.0 Å². The fraction of sp³-hybridized carbons (Fsp3) is 0.136. The van der Waals surface area contributed by atoms with Crippen molar-refractivity contribution in [1.82, 2.24) is 15.3 Å². The van der Waals surface area contributed by atoms with E-state index in [1.54, 1.807) is 12.4 Å². The molecule has 5 nitrogen and oxygen atoms in total. The fourth-order valence-electron chi connectivity index (χ4n) is 2.42. The minimum atomic E-state index is -0.0499. The third kappa shape index (κ3) is 5.41. The zero-order valence-electron chi connectivity index (χ0n) is 15.1. The molecule has 0 saturated heterocycles. The van der Waals surface area contributed by atoms with Gasteiger partial charge in [-0.15, -0.1) is 0 Å². The molecular formula is C22H19N3O2. The second kappa shape index (κ2) is 8.63. The normalized spacial score (nSPS) is 11.0. The Kier molecular flexibility index (Phi) is 5.80. The van der Waals surface area contributed by atoms with Crippen LogP contribution in [0, 0.1) is 11.8 Å². The summed E-state index contributed by atoms with van der Waals surface area (Å²) in [7, 11) is 0. The van der Waals surface area contributed by atoms with Crippen LogP contribution in [-0.4, -0.2) is 15.9 Å². The summed E-state index contributed by atoms with van der Waals surface area (Å²) in [6.07, 6.45) is 3.26. The number of hydrogen-bond donors (Lipinski definition) is 1. The van der Waals surface area contributed by atoms with Crippen LogP contribution >= 0.6 is 0 Å². The Bertz CT molecular complexity index is 956. The first-order chi connectivity index (χ1) is 13.1. The summed E-state index contributed by atoms with van der Waals surface area (Å²) in [5, 5.41) is 2.86. The van der Waals surface area contributed by atoms with E-state index in [0.717, 1.165) is 11.1 Å². The minimum Gasteiger partial charge on any atom is -0.424 e. The molecule has 1 aromatic heterocycles. The second-order valence-corrected chi connectivity index (χ2v) is 5.96. The van der Waals surface area contributed by atoms with Gasteiger partial charge in [0.2, 0.25) is 5.91 Å². The molecule has 0 bridgehead atoms. The lowest BCUT2D eigenvalue weighted by Crippen LogP contribution is -2.23. The lowest BCUT2D eigenvalue weighted by Gasteiger charge is -2.12. The maximum atomic E-state index is 11.1. The lowest BCUT2D eigenvalue weighted by atomic mass is 10.1. The number of hydrogen-bond acceptors (Lipinski definition) is 4. The van der Waals surface area contributed by atoms with Crippen molar-refractivity contribution in [3.63, 3.8) is 0 Å². The summed E-state index contributed by atoms with van der Waals surface area (Å²) in [5.74, 6) is 6.75. The standard InChI is InChI=1S/C22H19N3O2/c1-16(25-17(2)26)20-12-10-18(11-13-20)8-9-19-14-23-22(24-15-19)27-21-6-4-3-5-7-21/h3-7,10-16H,1-2H3,(H,25,26). The number of carbonyl (C=O) groups excluding carboxylic acids is 1. The van der Waals surface area contributed by atoms with Gasteiger partial charge in [0.15, 0.2) is 0 Å². The quantitative estimate of drug-likeness (QED) is 0.720. The predicted octanol–water partition coefficient (Wildman–Crippen LogP) is 3.87. The number of nitrogens with zero attached hydrogens (tertiary/aromatic N) is 2. The number of carbonyl (C=O) groups is 1. The Morgan fingerprint density at radius 3 is 2.22 bits per heavy atom. The van der Waals surface area contributed by atoms with Gasteiger partial charge < -0.3 is 10.1 Å². The van der Waals surface area contributed by atoms with Crippen LogP contribution in [0.2, 0.25) is 0 Å². The van der Waals surface area contributed by atoms with Crippen LogP contribution in [0.25, 0.3) is 0 Å². The molecule has 1 atom stereocenters. The zero-order chi connectivity index (χ0) is 19.1. The first-order valence-electron chi connectivity index (χ1n) is 8.54. The Labute approximate surface area is 158 Å². The Morgan fingerprint density at radius 1 is 0.963 bits per heavy atom. The first-order valence-corrected chi connectivity index (χ1v) is 8.54. The van der Waals surface area contributed by atoms with E-state index in [-0.39, 0.29) is 18.0 Å². The van der Waals surface area contributed by atoms with Gasteiger partial charge in [-0.3, -0.25) is 4.79 Å². The van der Waals surface area contributed by atoms with Gasteiger partial charge >= 0.3 is 6.01 Å². The van der Waals surface area contributed by atoms with E-state index in [4.69, 9.17) is 4.74 Å². The molecule has 1 N–H and O–H groups in total. The minimum absolute atomic E-state index is 0.0323.